The minimum Gasteiger partial charge on any atom is -0.347 e. The zero-order chi connectivity index (χ0) is 21.7. The summed E-state index contributed by atoms with van der Waals surface area (Å²) in [6, 6.07) is 20.4. The number of imide groups is 1. The summed E-state index contributed by atoms with van der Waals surface area (Å²) in [4.78, 5) is 32.0. The van der Waals surface area contributed by atoms with Gasteiger partial charge in [-0.2, -0.15) is 4.98 Å². The highest BCUT2D eigenvalue weighted by molar-refractivity contribution is 6.21. The Morgan fingerprint density at radius 3 is 2.03 bits per heavy atom. The smallest absolute Gasteiger partial charge is 0.260 e. The Labute approximate surface area is 185 Å². The fraction of sp³-hybridized carbons (Fsp3) is 0.280. The van der Waals surface area contributed by atoms with E-state index in [1.807, 2.05) is 53.2 Å². The van der Waals surface area contributed by atoms with Gasteiger partial charge in [0.05, 0.1) is 23.9 Å². The fourth-order valence-electron chi connectivity index (χ4n) is 5.11. The molecule has 2 amide bonds. The van der Waals surface area contributed by atoms with Crippen LogP contribution in [0.1, 0.15) is 42.5 Å². The minimum atomic E-state index is -0.303. The molecule has 0 radical (unpaired) electrons. The van der Waals surface area contributed by atoms with Gasteiger partial charge in [-0.05, 0) is 30.4 Å². The van der Waals surface area contributed by atoms with Gasteiger partial charge in [0.25, 0.3) is 5.95 Å². The van der Waals surface area contributed by atoms with Gasteiger partial charge in [-0.15, -0.1) is 5.10 Å². The predicted octanol–water partition coefficient (Wildman–Crippen LogP) is 3.88. The molecule has 160 valence electrons. The van der Waals surface area contributed by atoms with Crippen molar-refractivity contribution in [2.24, 2.45) is 11.8 Å². The molecule has 7 nitrogen and oxygen atoms in total. The van der Waals surface area contributed by atoms with Crippen LogP contribution < -0.4 is 10.2 Å². The van der Waals surface area contributed by atoms with Crippen LogP contribution in [0.15, 0.2) is 72.8 Å². The van der Waals surface area contributed by atoms with E-state index < -0.39 is 0 Å². The number of hydrogen-bond acceptors (Lipinski definition) is 5. The Morgan fingerprint density at radius 2 is 1.41 bits per heavy atom. The molecule has 7 heteroatoms. The quantitative estimate of drug-likeness (QED) is 0.509. The number of allylic oxidation sites excluding steroid dienone is 2. The average molecular weight is 425 g/mol. The van der Waals surface area contributed by atoms with Crippen LogP contribution in [0.3, 0.4) is 0 Å². The third-order valence-corrected chi connectivity index (χ3v) is 6.77. The van der Waals surface area contributed by atoms with Crippen molar-refractivity contribution >= 4 is 23.7 Å². The summed E-state index contributed by atoms with van der Waals surface area (Å²) in [6.45, 7) is 0. The molecular weight excluding hydrogens is 402 g/mol. The second kappa shape index (κ2) is 7.44. The first-order valence-corrected chi connectivity index (χ1v) is 11.1. The van der Waals surface area contributed by atoms with Gasteiger partial charge in [0, 0.05) is 0 Å². The molecule has 3 aliphatic rings. The summed E-state index contributed by atoms with van der Waals surface area (Å²) in [5, 5.41) is 8.16. The van der Waals surface area contributed by atoms with E-state index in [1.165, 1.54) is 4.90 Å². The van der Waals surface area contributed by atoms with Crippen LogP contribution in [-0.4, -0.2) is 26.6 Å². The Morgan fingerprint density at radius 1 is 0.812 bits per heavy atom. The summed E-state index contributed by atoms with van der Waals surface area (Å²) in [6.07, 6.45) is 5.94. The van der Waals surface area contributed by atoms with E-state index in [0.29, 0.717) is 18.8 Å². The standard InChI is InChI=1S/C25H23N5O2/c31-22-18-13-7-8-14-19(18)23(32)29(22)25-27-24-26-20(16-9-3-1-4-10-16)15-21(30(24)28-25)17-11-5-2-6-12-17/h1-12,18-21H,13-15H2,(H,26,27,28)/t18-,19-,20-,21+/m0/s1. The van der Waals surface area contributed by atoms with Gasteiger partial charge < -0.3 is 5.32 Å². The monoisotopic (exact) mass is 425 g/mol. The van der Waals surface area contributed by atoms with Gasteiger partial charge in [0.1, 0.15) is 0 Å². The summed E-state index contributed by atoms with van der Waals surface area (Å²) >= 11 is 0. The van der Waals surface area contributed by atoms with Crippen molar-refractivity contribution in [2.45, 2.75) is 31.3 Å². The molecule has 1 aromatic heterocycles. The van der Waals surface area contributed by atoms with Gasteiger partial charge >= 0.3 is 0 Å². The molecule has 3 heterocycles. The van der Waals surface area contributed by atoms with Crippen molar-refractivity contribution in [2.75, 3.05) is 10.2 Å². The average Bonchev–Trinajstić information content (AvgIpc) is 3.38. The minimum absolute atomic E-state index is 0.0442. The van der Waals surface area contributed by atoms with Crippen molar-refractivity contribution in [1.29, 1.82) is 0 Å². The van der Waals surface area contributed by atoms with E-state index in [4.69, 9.17) is 0 Å². The number of nitrogens with one attached hydrogen (secondary N) is 1. The molecule has 0 spiro atoms. The third-order valence-electron chi connectivity index (χ3n) is 6.77. The molecule has 2 aliphatic heterocycles. The largest absolute Gasteiger partial charge is 0.347 e. The first kappa shape index (κ1) is 19.0. The molecule has 0 bridgehead atoms. The number of nitrogens with zero attached hydrogens (tertiary/aromatic N) is 4. The van der Waals surface area contributed by atoms with Crippen molar-refractivity contribution in [3.63, 3.8) is 0 Å². The summed E-state index contributed by atoms with van der Waals surface area (Å²) in [5.74, 6) is -0.244. The maximum Gasteiger partial charge on any atom is 0.260 e. The lowest BCUT2D eigenvalue weighted by Gasteiger charge is -2.31. The lowest BCUT2D eigenvalue weighted by atomic mass is 9.85. The van der Waals surface area contributed by atoms with Gasteiger partial charge in [-0.25, -0.2) is 9.58 Å². The second-order valence-electron chi connectivity index (χ2n) is 8.62. The maximum absolute atomic E-state index is 13.1. The number of anilines is 2. The first-order chi connectivity index (χ1) is 15.7. The summed E-state index contributed by atoms with van der Waals surface area (Å²) in [7, 11) is 0. The number of carbonyl (C=O) groups is 2. The lowest BCUT2D eigenvalue weighted by Crippen LogP contribution is -2.32. The van der Waals surface area contributed by atoms with Crippen LogP contribution in [0, 0.1) is 11.8 Å². The Kier molecular flexibility index (Phi) is 4.41. The van der Waals surface area contributed by atoms with Gasteiger partial charge in [-0.1, -0.05) is 72.8 Å². The van der Waals surface area contributed by atoms with E-state index in [0.717, 1.165) is 17.5 Å². The molecule has 1 aliphatic carbocycles. The molecule has 6 rings (SSSR count). The summed E-state index contributed by atoms with van der Waals surface area (Å²) < 4.78 is 1.82. The van der Waals surface area contributed by atoms with Crippen LogP contribution in [0.5, 0.6) is 0 Å². The van der Waals surface area contributed by atoms with E-state index in [1.54, 1.807) is 0 Å². The molecule has 2 aromatic carbocycles. The topological polar surface area (TPSA) is 80.1 Å². The number of rotatable bonds is 3. The molecule has 0 unspecified atom stereocenters. The van der Waals surface area contributed by atoms with E-state index in [2.05, 4.69) is 39.7 Å². The van der Waals surface area contributed by atoms with Crippen LogP contribution in [-0.2, 0) is 9.59 Å². The predicted molar refractivity (Wildman–Crippen MR) is 120 cm³/mol. The molecule has 1 fully saturated rings. The molecule has 4 atom stereocenters. The number of benzene rings is 2. The highest BCUT2D eigenvalue weighted by Gasteiger charge is 2.49. The summed E-state index contributed by atoms with van der Waals surface area (Å²) in [5.41, 5.74) is 2.28. The lowest BCUT2D eigenvalue weighted by molar-refractivity contribution is -0.122. The van der Waals surface area contributed by atoms with Crippen LogP contribution in [0.2, 0.25) is 0 Å². The van der Waals surface area contributed by atoms with Crippen molar-refractivity contribution in [3.05, 3.63) is 83.9 Å². The zero-order valence-electron chi connectivity index (χ0n) is 17.5. The number of amides is 2. The molecule has 3 aromatic rings. The van der Waals surface area contributed by atoms with Crippen LogP contribution >= 0.6 is 0 Å². The SMILES string of the molecule is O=C1[C@H]2CC=CC[C@@H]2C(=O)N1c1nc2n(n1)[C@@H](c1ccccc1)C[C@@H](c1ccccc1)N2. The molecule has 1 N–H and O–H groups in total. The first-order valence-electron chi connectivity index (χ1n) is 11.1. The van der Waals surface area contributed by atoms with E-state index in [-0.39, 0.29) is 41.7 Å². The van der Waals surface area contributed by atoms with Gasteiger partial charge in [0.15, 0.2) is 0 Å². The van der Waals surface area contributed by atoms with Gasteiger partial charge in [-0.3, -0.25) is 9.59 Å². The van der Waals surface area contributed by atoms with E-state index in [9.17, 15) is 9.59 Å². The highest BCUT2D eigenvalue weighted by atomic mass is 16.2. The van der Waals surface area contributed by atoms with Crippen molar-refractivity contribution in [1.82, 2.24) is 14.8 Å². The van der Waals surface area contributed by atoms with Crippen molar-refractivity contribution < 1.29 is 9.59 Å². The fourth-order valence-corrected chi connectivity index (χ4v) is 5.11. The van der Waals surface area contributed by atoms with Crippen LogP contribution in [0.25, 0.3) is 0 Å². The zero-order valence-corrected chi connectivity index (χ0v) is 17.5. The normalized spacial score (nSPS) is 26.6. The number of hydrogen-bond donors (Lipinski definition) is 1. The number of aromatic nitrogens is 3. The molecule has 0 saturated carbocycles. The third kappa shape index (κ3) is 2.96. The number of carbonyl (C=O) groups excluding carboxylic acids is 2. The molecule has 1 saturated heterocycles. The van der Waals surface area contributed by atoms with Crippen molar-refractivity contribution in [3.8, 4) is 0 Å². The molecular formula is C25H23N5O2. The highest BCUT2D eigenvalue weighted by Crippen LogP contribution is 2.41. The van der Waals surface area contributed by atoms with Gasteiger partial charge in [0.2, 0.25) is 17.8 Å². The maximum atomic E-state index is 13.1. The van der Waals surface area contributed by atoms with Crippen LogP contribution in [0.4, 0.5) is 11.9 Å². The Hall–Kier alpha value is -3.74. The van der Waals surface area contributed by atoms with E-state index >= 15 is 0 Å². The Balaban J connectivity index is 1.40. The Bertz CT molecular complexity index is 1180. The number of fused-ring (bicyclic) bond motifs is 2. The molecule has 32 heavy (non-hydrogen) atoms. The second-order valence-corrected chi connectivity index (χ2v) is 8.62.